The molecule has 2 N–H and O–H groups in total. The fourth-order valence-corrected chi connectivity index (χ4v) is 2.36. The molecule has 0 aromatic rings. The first kappa shape index (κ1) is 15.8. The summed E-state index contributed by atoms with van der Waals surface area (Å²) in [6.07, 6.45) is 4.80. The standard InChI is InChI=1S/C14H25NO4/c1-4-8-14(2,3)19-13(18)15-11(12(16)17)9-10-6-5-7-10/h10-11H,4-9H2,1-3H3,(H,15,18)(H,16,17). The Kier molecular flexibility index (Phi) is 5.63. The van der Waals surface area contributed by atoms with Crippen LogP contribution in [0.3, 0.4) is 0 Å². The van der Waals surface area contributed by atoms with Gasteiger partial charge in [0, 0.05) is 0 Å². The third-order valence-corrected chi connectivity index (χ3v) is 3.61. The summed E-state index contributed by atoms with van der Waals surface area (Å²) in [6, 6.07) is -0.838. The maximum Gasteiger partial charge on any atom is 0.408 e. The van der Waals surface area contributed by atoms with E-state index in [2.05, 4.69) is 5.32 Å². The number of aliphatic carboxylic acids is 1. The number of carbonyl (C=O) groups excluding carboxylic acids is 1. The highest BCUT2D eigenvalue weighted by atomic mass is 16.6. The molecular formula is C14H25NO4. The third-order valence-electron chi connectivity index (χ3n) is 3.61. The predicted octanol–water partition coefficient (Wildman–Crippen LogP) is 2.93. The van der Waals surface area contributed by atoms with Crippen LogP contribution >= 0.6 is 0 Å². The summed E-state index contributed by atoms with van der Waals surface area (Å²) in [5, 5.41) is 11.6. The minimum absolute atomic E-state index is 0.421. The number of carbonyl (C=O) groups is 2. The van der Waals surface area contributed by atoms with Gasteiger partial charge in [-0.2, -0.15) is 0 Å². The van der Waals surface area contributed by atoms with Crippen molar-refractivity contribution in [2.75, 3.05) is 0 Å². The Labute approximate surface area is 114 Å². The largest absolute Gasteiger partial charge is 0.480 e. The predicted molar refractivity (Wildman–Crippen MR) is 72.0 cm³/mol. The molecule has 1 aliphatic carbocycles. The van der Waals surface area contributed by atoms with Gasteiger partial charge in [-0.15, -0.1) is 0 Å². The molecule has 0 spiro atoms. The van der Waals surface area contributed by atoms with Crippen LogP contribution in [-0.2, 0) is 9.53 Å². The maximum atomic E-state index is 11.7. The molecule has 0 saturated heterocycles. The molecule has 0 bridgehead atoms. The monoisotopic (exact) mass is 271 g/mol. The molecule has 0 radical (unpaired) electrons. The topological polar surface area (TPSA) is 75.6 Å². The van der Waals surface area contributed by atoms with E-state index in [1.165, 1.54) is 0 Å². The molecule has 5 nitrogen and oxygen atoms in total. The van der Waals surface area contributed by atoms with Gasteiger partial charge in [-0.3, -0.25) is 0 Å². The molecule has 1 atom stereocenters. The number of hydrogen-bond acceptors (Lipinski definition) is 3. The zero-order valence-corrected chi connectivity index (χ0v) is 12.1. The first-order valence-electron chi connectivity index (χ1n) is 7.06. The second kappa shape index (κ2) is 6.78. The molecular weight excluding hydrogens is 246 g/mol. The van der Waals surface area contributed by atoms with Gasteiger partial charge in [0.15, 0.2) is 0 Å². The van der Waals surface area contributed by atoms with E-state index in [0.29, 0.717) is 12.3 Å². The van der Waals surface area contributed by atoms with Crippen molar-refractivity contribution < 1.29 is 19.4 Å². The van der Waals surface area contributed by atoms with Gasteiger partial charge in [-0.05, 0) is 32.6 Å². The molecule has 1 aliphatic rings. The van der Waals surface area contributed by atoms with Gasteiger partial charge < -0.3 is 15.2 Å². The summed E-state index contributed by atoms with van der Waals surface area (Å²) >= 11 is 0. The highest BCUT2D eigenvalue weighted by Gasteiger charge is 2.29. The van der Waals surface area contributed by atoms with Gasteiger partial charge in [-0.1, -0.05) is 32.6 Å². The van der Waals surface area contributed by atoms with Crippen molar-refractivity contribution in [1.82, 2.24) is 5.32 Å². The van der Waals surface area contributed by atoms with E-state index < -0.39 is 23.7 Å². The molecule has 1 rings (SSSR count). The van der Waals surface area contributed by atoms with Gasteiger partial charge in [0.2, 0.25) is 0 Å². The molecule has 0 aliphatic heterocycles. The van der Waals surface area contributed by atoms with E-state index >= 15 is 0 Å². The molecule has 1 fully saturated rings. The zero-order chi connectivity index (χ0) is 14.5. The van der Waals surface area contributed by atoms with Gasteiger partial charge in [-0.25, -0.2) is 9.59 Å². The van der Waals surface area contributed by atoms with E-state index in [1.807, 2.05) is 20.8 Å². The van der Waals surface area contributed by atoms with Crippen LogP contribution in [0.25, 0.3) is 0 Å². The Balaban J connectivity index is 2.44. The summed E-state index contributed by atoms with van der Waals surface area (Å²) in [7, 11) is 0. The number of carboxylic acids is 1. The summed E-state index contributed by atoms with van der Waals surface area (Å²) in [5.74, 6) is -0.567. The third kappa shape index (κ3) is 5.49. The first-order chi connectivity index (χ1) is 8.84. The van der Waals surface area contributed by atoms with E-state index in [-0.39, 0.29) is 0 Å². The fraction of sp³-hybridized carbons (Fsp3) is 0.857. The van der Waals surface area contributed by atoms with Crippen molar-refractivity contribution in [3.63, 3.8) is 0 Å². The van der Waals surface area contributed by atoms with Crippen LogP contribution in [0.4, 0.5) is 4.79 Å². The minimum Gasteiger partial charge on any atom is -0.480 e. The Morgan fingerprint density at radius 2 is 2.05 bits per heavy atom. The molecule has 0 aromatic heterocycles. The van der Waals surface area contributed by atoms with Crippen LogP contribution in [0.1, 0.15) is 59.3 Å². The normalized spacial score (nSPS) is 17.4. The molecule has 5 heteroatoms. The molecule has 1 saturated carbocycles. The smallest absolute Gasteiger partial charge is 0.408 e. The summed E-state index contributed by atoms with van der Waals surface area (Å²) in [6.45, 7) is 5.68. The van der Waals surface area contributed by atoms with Crippen LogP contribution in [0.5, 0.6) is 0 Å². The molecule has 1 amide bonds. The summed E-state index contributed by atoms with van der Waals surface area (Å²) < 4.78 is 5.28. The molecule has 110 valence electrons. The van der Waals surface area contributed by atoms with Crippen molar-refractivity contribution in [3.8, 4) is 0 Å². The number of rotatable bonds is 7. The second-order valence-electron chi connectivity index (χ2n) is 5.97. The average Bonchev–Trinajstić information content (AvgIpc) is 2.19. The quantitative estimate of drug-likeness (QED) is 0.746. The fourth-order valence-electron chi connectivity index (χ4n) is 2.36. The lowest BCUT2D eigenvalue weighted by molar-refractivity contribution is -0.140. The Hall–Kier alpha value is -1.26. The van der Waals surface area contributed by atoms with Crippen LogP contribution in [-0.4, -0.2) is 28.8 Å². The second-order valence-corrected chi connectivity index (χ2v) is 5.97. The van der Waals surface area contributed by atoms with E-state index in [0.717, 1.165) is 32.1 Å². The lowest BCUT2D eigenvalue weighted by atomic mass is 9.81. The number of amides is 1. The average molecular weight is 271 g/mol. The lowest BCUT2D eigenvalue weighted by Gasteiger charge is -2.29. The van der Waals surface area contributed by atoms with Crippen molar-refractivity contribution in [3.05, 3.63) is 0 Å². The SMILES string of the molecule is CCCC(C)(C)OC(=O)NC(CC1CCC1)C(=O)O. The Morgan fingerprint density at radius 3 is 2.47 bits per heavy atom. The van der Waals surface area contributed by atoms with Crippen molar-refractivity contribution >= 4 is 12.1 Å². The lowest BCUT2D eigenvalue weighted by Crippen LogP contribution is -2.45. The summed E-state index contributed by atoms with van der Waals surface area (Å²) in [5.41, 5.74) is -0.557. The number of ether oxygens (including phenoxy) is 1. The van der Waals surface area contributed by atoms with Crippen molar-refractivity contribution in [2.45, 2.75) is 70.9 Å². The number of carboxylic acid groups (broad SMARTS) is 1. The van der Waals surface area contributed by atoms with Gasteiger partial charge in [0.05, 0.1) is 0 Å². The highest BCUT2D eigenvalue weighted by molar-refractivity contribution is 5.80. The highest BCUT2D eigenvalue weighted by Crippen LogP contribution is 2.30. The van der Waals surface area contributed by atoms with Crippen LogP contribution in [0.2, 0.25) is 0 Å². The zero-order valence-electron chi connectivity index (χ0n) is 12.1. The summed E-state index contributed by atoms with van der Waals surface area (Å²) in [4.78, 5) is 22.9. The van der Waals surface area contributed by atoms with E-state index in [9.17, 15) is 9.59 Å². The first-order valence-corrected chi connectivity index (χ1v) is 7.06. The molecule has 0 aromatic carbocycles. The van der Waals surface area contributed by atoms with E-state index in [4.69, 9.17) is 9.84 Å². The van der Waals surface area contributed by atoms with Crippen molar-refractivity contribution in [1.29, 1.82) is 0 Å². The van der Waals surface area contributed by atoms with Crippen molar-refractivity contribution in [2.24, 2.45) is 5.92 Å². The minimum atomic E-state index is -0.989. The molecule has 19 heavy (non-hydrogen) atoms. The van der Waals surface area contributed by atoms with Crippen LogP contribution in [0, 0.1) is 5.92 Å². The Morgan fingerprint density at radius 1 is 1.42 bits per heavy atom. The van der Waals surface area contributed by atoms with Crippen LogP contribution < -0.4 is 5.32 Å². The maximum absolute atomic E-state index is 11.7. The van der Waals surface area contributed by atoms with Gasteiger partial charge in [0.1, 0.15) is 11.6 Å². The molecule has 0 heterocycles. The van der Waals surface area contributed by atoms with Gasteiger partial charge in [0.25, 0.3) is 0 Å². The Bertz CT molecular complexity index is 323. The van der Waals surface area contributed by atoms with Gasteiger partial charge >= 0.3 is 12.1 Å². The van der Waals surface area contributed by atoms with Crippen LogP contribution in [0.15, 0.2) is 0 Å². The number of alkyl carbamates (subject to hydrolysis) is 1. The number of nitrogens with one attached hydrogen (secondary N) is 1. The molecule has 1 unspecified atom stereocenters. The van der Waals surface area contributed by atoms with E-state index in [1.54, 1.807) is 0 Å². The number of hydrogen-bond donors (Lipinski definition) is 2.